The number of rotatable bonds is 6. The second-order valence-electron chi connectivity index (χ2n) is 6.69. The van der Waals surface area contributed by atoms with Crippen molar-refractivity contribution in [2.75, 3.05) is 5.75 Å². The van der Waals surface area contributed by atoms with Crippen LogP contribution in [0.3, 0.4) is 0 Å². The number of thioether (sulfide) groups is 1. The molecule has 1 aliphatic heterocycles. The van der Waals surface area contributed by atoms with E-state index >= 15 is 0 Å². The predicted molar refractivity (Wildman–Crippen MR) is 122 cm³/mol. The standard InChI is InChI=1S/C22H19BrN2O2S2/c1-12-8-9-28-21(12)20-17(10-24)22(25-13(2)19(20)14(3)26)29-11-18(27)15-4-6-16(23)7-5-15/h4-9,20,25H,11H2,1-3H3. The maximum absolute atomic E-state index is 12.6. The molecule has 29 heavy (non-hydrogen) atoms. The van der Waals surface area contributed by atoms with Crippen LogP contribution in [-0.2, 0) is 4.79 Å². The van der Waals surface area contributed by atoms with Gasteiger partial charge in [0.05, 0.1) is 28.3 Å². The third kappa shape index (κ3) is 4.55. The van der Waals surface area contributed by atoms with E-state index in [0.29, 0.717) is 21.7 Å². The van der Waals surface area contributed by atoms with Crippen molar-refractivity contribution in [2.45, 2.75) is 26.7 Å². The number of Topliss-reactive ketones (excluding diaryl/α,β-unsaturated/α-hetero) is 2. The molecule has 1 N–H and O–H groups in total. The van der Waals surface area contributed by atoms with Gasteiger partial charge in [-0.15, -0.1) is 11.3 Å². The van der Waals surface area contributed by atoms with Crippen molar-refractivity contribution in [1.82, 2.24) is 5.32 Å². The number of dihydropyridines is 1. The lowest BCUT2D eigenvalue weighted by Gasteiger charge is -2.29. The van der Waals surface area contributed by atoms with Crippen LogP contribution in [0.25, 0.3) is 0 Å². The number of ketones is 2. The molecule has 3 rings (SSSR count). The van der Waals surface area contributed by atoms with Crippen molar-refractivity contribution in [3.8, 4) is 6.07 Å². The van der Waals surface area contributed by atoms with Crippen LogP contribution in [0.5, 0.6) is 0 Å². The van der Waals surface area contributed by atoms with Crippen LogP contribution in [0.4, 0.5) is 0 Å². The Bertz CT molecular complexity index is 1070. The number of carbonyl (C=O) groups excluding carboxylic acids is 2. The van der Waals surface area contributed by atoms with Crippen LogP contribution in [0.2, 0.25) is 0 Å². The lowest BCUT2D eigenvalue weighted by atomic mass is 9.84. The van der Waals surface area contributed by atoms with Crippen molar-refractivity contribution >= 4 is 50.6 Å². The summed E-state index contributed by atoms with van der Waals surface area (Å²) in [5.41, 5.74) is 3.50. The number of thiophene rings is 1. The summed E-state index contributed by atoms with van der Waals surface area (Å²) in [4.78, 5) is 26.0. The molecular formula is C22H19BrN2O2S2. The van der Waals surface area contributed by atoms with E-state index in [2.05, 4.69) is 27.3 Å². The fourth-order valence-corrected chi connectivity index (χ4v) is 5.59. The Balaban J connectivity index is 1.94. The molecular weight excluding hydrogens is 468 g/mol. The maximum Gasteiger partial charge on any atom is 0.173 e. The van der Waals surface area contributed by atoms with Gasteiger partial charge in [-0.05, 0) is 49.9 Å². The quantitative estimate of drug-likeness (QED) is 0.528. The number of allylic oxidation sites excluding steroid dienone is 3. The van der Waals surface area contributed by atoms with E-state index in [4.69, 9.17) is 0 Å². The molecule has 2 aromatic rings. The van der Waals surface area contributed by atoms with Crippen molar-refractivity contribution in [2.24, 2.45) is 0 Å². The molecule has 0 amide bonds. The van der Waals surface area contributed by atoms with Gasteiger partial charge in [-0.1, -0.05) is 39.8 Å². The first-order valence-corrected chi connectivity index (χ1v) is 11.6. The number of hydrogen-bond donors (Lipinski definition) is 1. The zero-order valence-corrected chi connectivity index (χ0v) is 19.4. The van der Waals surface area contributed by atoms with Crippen LogP contribution < -0.4 is 5.32 Å². The molecule has 0 saturated heterocycles. The SMILES string of the molecule is CC(=O)C1=C(C)NC(SCC(=O)c2ccc(Br)cc2)=C(C#N)C1c1sccc1C. The van der Waals surface area contributed by atoms with E-state index < -0.39 is 5.92 Å². The van der Waals surface area contributed by atoms with Crippen LogP contribution >= 0.6 is 39.0 Å². The van der Waals surface area contributed by atoms with Gasteiger partial charge in [-0.2, -0.15) is 5.26 Å². The zero-order valence-electron chi connectivity index (χ0n) is 16.2. The Hall–Kier alpha value is -2.14. The van der Waals surface area contributed by atoms with Crippen LogP contribution in [0, 0.1) is 18.3 Å². The molecule has 148 valence electrons. The molecule has 1 aromatic carbocycles. The molecule has 1 aromatic heterocycles. The van der Waals surface area contributed by atoms with Crippen LogP contribution in [0.15, 0.2) is 62.1 Å². The molecule has 1 unspecified atom stereocenters. The van der Waals surface area contributed by atoms with E-state index in [9.17, 15) is 14.9 Å². The average molecular weight is 487 g/mol. The Morgan fingerprint density at radius 1 is 1.24 bits per heavy atom. The third-order valence-corrected chi connectivity index (χ3v) is 7.33. The first kappa shape index (κ1) is 21.6. The van der Waals surface area contributed by atoms with E-state index in [1.54, 1.807) is 23.5 Å². The van der Waals surface area contributed by atoms with Crippen molar-refractivity contribution < 1.29 is 9.59 Å². The minimum atomic E-state index is -0.399. The number of halogens is 1. The number of aryl methyl sites for hydroxylation is 1. The second-order valence-corrected chi connectivity index (χ2v) is 9.54. The Morgan fingerprint density at radius 3 is 2.48 bits per heavy atom. The number of benzene rings is 1. The Morgan fingerprint density at radius 2 is 1.93 bits per heavy atom. The number of nitrogens with zero attached hydrogens (tertiary/aromatic N) is 1. The molecule has 0 fully saturated rings. The van der Waals surface area contributed by atoms with E-state index in [1.165, 1.54) is 18.7 Å². The fraction of sp³-hybridized carbons (Fsp3) is 0.227. The summed E-state index contributed by atoms with van der Waals surface area (Å²) in [5, 5.41) is 15.7. The van der Waals surface area contributed by atoms with Crippen LogP contribution in [0.1, 0.15) is 40.6 Å². The first-order valence-electron chi connectivity index (χ1n) is 8.92. The molecule has 2 heterocycles. The van der Waals surface area contributed by atoms with Gasteiger partial charge in [0.1, 0.15) is 0 Å². The minimum Gasteiger partial charge on any atom is -0.353 e. The highest BCUT2D eigenvalue weighted by molar-refractivity contribution is 9.10. The highest BCUT2D eigenvalue weighted by Crippen LogP contribution is 2.43. The number of nitriles is 1. The number of nitrogens with one attached hydrogen (secondary N) is 1. The van der Waals surface area contributed by atoms with Crippen molar-refractivity contribution in [1.29, 1.82) is 5.26 Å². The first-order chi connectivity index (χ1) is 13.8. The van der Waals surface area contributed by atoms with Gasteiger partial charge < -0.3 is 5.32 Å². The minimum absolute atomic E-state index is 0.0167. The summed E-state index contributed by atoms with van der Waals surface area (Å²) >= 11 is 6.22. The Kier molecular flexibility index (Phi) is 6.78. The van der Waals surface area contributed by atoms with Gasteiger partial charge >= 0.3 is 0 Å². The van der Waals surface area contributed by atoms with E-state index in [0.717, 1.165) is 20.6 Å². The molecule has 4 nitrogen and oxygen atoms in total. The summed E-state index contributed by atoms with van der Waals surface area (Å²) in [6.07, 6.45) is 0. The third-order valence-electron chi connectivity index (χ3n) is 4.70. The monoisotopic (exact) mass is 486 g/mol. The molecule has 0 spiro atoms. The fourth-order valence-electron chi connectivity index (χ4n) is 3.29. The second kappa shape index (κ2) is 9.12. The van der Waals surface area contributed by atoms with Gasteiger partial charge in [0.2, 0.25) is 0 Å². The predicted octanol–water partition coefficient (Wildman–Crippen LogP) is 5.72. The normalized spacial score (nSPS) is 16.4. The summed E-state index contributed by atoms with van der Waals surface area (Å²) in [7, 11) is 0. The van der Waals surface area contributed by atoms with Gasteiger partial charge in [-0.3, -0.25) is 9.59 Å². The lowest BCUT2D eigenvalue weighted by molar-refractivity contribution is -0.113. The number of hydrogen-bond acceptors (Lipinski definition) is 6. The highest BCUT2D eigenvalue weighted by Gasteiger charge is 2.34. The topological polar surface area (TPSA) is 70.0 Å². The summed E-state index contributed by atoms with van der Waals surface area (Å²) in [5.74, 6) is -0.273. The van der Waals surface area contributed by atoms with Crippen LogP contribution in [-0.4, -0.2) is 17.3 Å². The summed E-state index contributed by atoms with van der Waals surface area (Å²) < 4.78 is 0.914. The largest absolute Gasteiger partial charge is 0.353 e. The summed E-state index contributed by atoms with van der Waals surface area (Å²) in [6, 6.07) is 11.5. The molecule has 1 aliphatic rings. The van der Waals surface area contributed by atoms with Crippen molar-refractivity contribution in [3.05, 3.63) is 78.1 Å². The van der Waals surface area contributed by atoms with Gasteiger partial charge in [-0.25, -0.2) is 0 Å². The summed E-state index contributed by atoms with van der Waals surface area (Å²) in [6.45, 7) is 5.36. The molecule has 1 atom stereocenters. The van der Waals surface area contributed by atoms with Gasteiger partial charge in [0.25, 0.3) is 0 Å². The molecule has 0 radical (unpaired) electrons. The lowest BCUT2D eigenvalue weighted by Crippen LogP contribution is -2.27. The molecule has 0 aliphatic carbocycles. The average Bonchev–Trinajstić information content (AvgIpc) is 3.11. The van der Waals surface area contributed by atoms with E-state index in [1.807, 2.05) is 37.4 Å². The molecule has 0 bridgehead atoms. The van der Waals surface area contributed by atoms with E-state index in [-0.39, 0.29) is 17.3 Å². The highest BCUT2D eigenvalue weighted by atomic mass is 79.9. The van der Waals surface area contributed by atoms with Crippen molar-refractivity contribution in [3.63, 3.8) is 0 Å². The number of carbonyl (C=O) groups is 2. The Labute approximate surface area is 186 Å². The van der Waals surface area contributed by atoms with Gasteiger partial charge in [0, 0.05) is 26.2 Å². The smallest absolute Gasteiger partial charge is 0.173 e. The molecule has 0 saturated carbocycles. The molecule has 7 heteroatoms. The van der Waals surface area contributed by atoms with Gasteiger partial charge in [0.15, 0.2) is 11.6 Å². The zero-order chi connectivity index (χ0) is 21.1. The maximum atomic E-state index is 12.6.